The molecule has 0 spiro atoms. The van der Waals surface area contributed by atoms with Crippen molar-refractivity contribution in [2.75, 3.05) is 7.05 Å². The van der Waals surface area contributed by atoms with Crippen molar-refractivity contribution < 1.29 is 14.6 Å². The van der Waals surface area contributed by atoms with Crippen molar-refractivity contribution in [3.8, 4) is 5.75 Å². The van der Waals surface area contributed by atoms with Crippen molar-refractivity contribution in [3.05, 3.63) is 29.8 Å². The number of likely N-dealkylation sites (N-methyl/N-ethyl adjacent to an activating group) is 1. The Morgan fingerprint density at radius 1 is 1.50 bits per heavy atom. The zero-order chi connectivity index (χ0) is 13.8. The molecule has 0 bridgehead atoms. The van der Waals surface area contributed by atoms with E-state index in [2.05, 4.69) is 5.32 Å². The first kappa shape index (κ1) is 14.5. The molecule has 4 nitrogen and oxygen atoms in total. The van der Waals surface area contributed by atoms with Crippen molar-refractivity contribution in [3.63, 3.8) is 0 Å². The summed E-state index contributed by atoms with van der Waals surface area (Å²) < 4.78 is 5.79. The lowest BCUT2D eigenvalue weighted by molar-refractivity contribution is -0.145. The summed E-state index contributed by atoms with van der Waals surface area (Å²) in [6.07, 6.45) is 0.215. The molecule has 2 atom stereocenters. The van der Waals surface area contributed by atoms with Crippen molar-refractivity contribution >= 4 is 5.97 Å². The van der Waals surface area contributed by atoms with Gasteiger partial charge in [-0.05, 0) is 39.4 Å². The number of carboxylic acids is 1. The quantitative estimate of drug-likeness (QED) is 0.814. The lowest BCUT2D eigenvalue weighted by Gasteiger charge is -2.28. The normalized spacial score (nSPS) is 15.8. The summed E-state index contributed by atoms with van der Waals surface area (Å²) in [6.45, 7) is 5.51. The molecule has 0 saturated heterocycles. The molecule has 0 fully saturated rings. The maximum absolute atomic E-state index is 11.2. The van der Waals surface area contributed by atoms with Gasteiger partial charge in [0.15, 0.2) is 0 Å². The number of benzene rings is 1. The van der Waals surface area contributed by atoms with Crippen LogP contribution < -0.4 is 10.1 Å². The Balaban J connectivity index is 2.70. The van der Waals surface area contributed by atoms with Gasteiger partial charge in [-0.15, -0.1) is 0 Å². The highest BCUT2D eigenvalue weighted by Crippen LogP contribution is 2.21. The van der Waals surface area contributed by atoms with Crippen molar-refractivity contribution in [1.29, 1.82) is 0 Å². The molecular weight excluding hydrogens is 230 g/mol. The monoisotopic (exact) mass is 251 g/mol. The average Bonchev–Trinajstić information content (AvgIpc) is 2.31. The van der Waals surface area contributed by atoms with E-state index in [4.69, 9.17) is 4.74 Å². The van der Waals surface area contributed by atoms with Crippen LogP contribution in [0.5, 0.6) is 5.75 Å². The number of para-hydroxylation sites is 1. The first-order chi connectivity index (χ1) is 8.39. The van der Waals surface area contributed by atoms with E-state index in [1.807, 2.05) is 38.1 Å². The highest BCUT2D eigenvalue weighted by Gasteiger charge is 2.33. The zero-order valence-electron chi connectivity index (χ0n) is 11.4. The fourth-order valence-corrected chi connectivity index (χ4v) is 1.82. The van der Waals surface area contributed by atoms with Crippen LogP contribution in [0, 0.1) is 6.92 Å². The SMILES string of the molecule is CNC(C)(CC(C)Oc1ccccc1C)C(=O)O. The Labute approximate surface area is 108 Å². The summed E-state index contributed by atoms with van der Waals surface area (Å²) >= 11 is 0. The maximum Gasteiger partial charge on any atom is 0.323 e. The van der Waals surface area contributed by atoms with E-state index in [0.717, 1.165) is 11.3 Å². The number of rotatable bonds is 6. The number of aryl methyl sites for hydroxylation is 1. The molecule has 0 heterocycles. The number of carbonyl (C=O) groups is 1. The third kappa shape index (κ3) is 3.47. The van der Waals surface area contributed by atoms with E-state index in [-0.39, 0.29) is 6.10 Å². The van der Waals surface area contributed by atoms with Crippen LogP contribution in [-0.2, 0) is 4.79 Å². The fourth-order valence-electron chi connectivity index (χ4n) is 1.82. The second kappa shape index (κ2) is 5.87. The van der Waals surface area contributed by atoms with Crippen LogP contribution in [0.2, 0.25) is 0 Å². The third-order valence-electron chi connectivity index (χ3n) is 3.14. The molecule has 18 heavy (non-hydrogen) atoms. The maximum atomic E-state index is 11.2. The van der Waals surface area contributed by atoms with Gasteiger partial charge in [-0.25, -0.2) is 0 Å². The largest absolute Gasteiger partial charge is 0.490 e. The predicted molar refractivity (Wildman–Crippen MR) is 71.0 cm³/mol. The van der Waals surface area contributed by atoms with Crippen LogP contribution in [0.1, 0.15) is 25.8 Å². The number of carboxylic acid groups (broad SMARTS) is 1. The van der Waals surface area contributed by atoms with E-state index in [1.54, 1.807) is 14.0 Å². The Morgan fingerprint density at radius 3 is 2.61 bits per heavy atom. The van der Waals surface area contributed by atoms with Crippen LogP contribution in [0.15, 0.2) is 24.3 Å². The molecule has 1 aromatic carbocycles. The van der Waals surface area contributed by atoms with E-state index >= 15 is 0 Å². The molecule has 0 aliphatic carbocycles. The number of hydrogen-bond donors (Lipinski definition) is 2. The van der Waals surface area contributed by atoms with Gasteiger partial charge in [0, 0.05) is 6.42 Å². The summed E-state index contributed by atoms with van der Waals surface area (Å²) in [4.78, 5) is 11.2. The third-order valence-corrected chi connectivity index (χ3v) is 3.14. The zero-order valence-corrected chi connectivity index (χ0v) is 11.4. The minimum absolute atomic E-state index is 0.181. The van der Waals surface area contributed by atoms with Gasteiger partial charge in [0.2, 0.25) is 0 Å². The summed E-state index contributed by atoms with van der Waals surface area (Å²) in [7, 11) is 1.65. The van der Waals surface area contributed by atoms with Crippen LogP contribution >= 0.6 is 0 Å². The van der Waals surface area contributed by atoms with Crippen LogP contribution in [0.3, 0.4) is 0 Å². The first-order valence-electron chi connectivity index (χ1n) is 6.03. The second-order valence-corrected chi connectivity index (χ2v) is 4.79. The van der Waals surface area contributed by atoms with Gasteiger partial charge in [0.05, 0.1) is 6.10 Å². The number of nitrogens with one attached hydrogen (secondary N) is 1. The molecule has 2 N–H and O–H groups in total. The Bertz CT molecular complexity index is 419. The summed E-state index contributed by atoms with van der Waals surface area (Å²) in [5.41, 5.74) is 0.0769. The molecule has 0 saturated carbocycles. The standard InChI is InChI=1S/C14H21NO3/c1-10-7-5-6-8-12(10)18-11(2)9-14(3,15-4)13(16)17/h5-8,11,15H,9H2,1-4H3,(H,16,17). The Kier molecular flexibility index (Phi) is 4.73. The van der Waals surface area contributed by atoms with Gasteiger partial charge in [-0.1, -0.05) is 18.2 Å². The van der Waals surface area contributed by atoms with Crippen LogP contribution in [0.25, 0.3) is 0 Å². The molecule has 1 rings (SSSR count). The van der Waals surface area contributed by atoms with Gasteiger partial charge in [0.25, 0.3) is 0 Å². The summed E-state index contributed by atoms with van der Waals surface area (Å²) in [5, 5.41) is 12.0. The Hall–Kier alpha value is -1.55. The van der Waals surface area contributed by atoms with Gasteiger partial charge in [0.1, 0.15) is 11.3 Å². The molecule has 100 valence electrons. The molecule has 1 aromatic rings. The molecular formula is C14H21NO3. The second-order valence-electron chi connectivity index (χ2n) is 4.79. The van der Waals surface area contributed by atoms with Gasteiger partial charge >= 0.3 is 5.97 Å². The van der Waals surface area contributed by atoms with Crippen LogP contribution in [-0.4, -0.2) is 29.8 Å². The Morgan fingerprint density at radius 2 is 2.11 bits per heavy atom. The minimum Gasteiger partial charge on any atom is -0.490 e. The molecule has 4 heteroatoms. The lowest BCUT2D eigenvalue weighted by Crippen LogP contribution is -2.50. The van der Waals surface area contributed by atoms with Crippen LogP contribution in [0.4, 0.5) is 0 Å². The van der Waals surface area contributed by atoms with E-state index in [9.17, 15) is 9.90 Å². The minimum atomic E-state index is -0.970. The number of hydrogen-bond acceptors (Lipinski definition) is 3. The van der Waals surface area contributed by atoms with E-state index in [1.165, 1.54) is 0 Å². The van der Waals surface area contributed by atoms with Gasteiger partial charge in [-0.3, -0.25) is 4.79 Å². The predicted octanol–water partition coefficient (Wildman–Crippen LogP) is 2.22. The topological polar surface area (TPSA) is 58.6 Å². The molecule has 0 radical (unpaired) electrons. The van der Waals surface area contributed by atoms with Gasteiger partial charge in [-0.2, -0.15) is 0 Å². The first-order valence-corrected chi connectivity index (χ1v) is 6.03. The summed E-state index contributed by atoms with van der Waals surface area (Å²) in [6, 6.07) is 7.71. The van der Waals surface area contributed by atoms with E-state index in [0.29, 0.717) is 6.42 Å². The van der Waals surface area contributed by atoms with Crippen molar-refractivity contribution in [1.82, 2.24) is 5.32 Å². The summed E-state index contributed by atoms with van der Waals surface area (Å²) in [5.74, 6) is -0.0703. The smallest absolute Gasteiger partial charge is 0.323 e. The van der Waals surface area contributed by atoms with Crippen molar-refractivity contribution in [2.24, 2.45) is 0 Å². The average molecular weight is 251 g/mol. The van der Waals surface area contributed by atoms with Crippen molar-refractivity contribution in [2.45, 2.75) is 38.8 Å². The molecule has 0 aromatic heterocycles. The molecule has 2 unspecified atom stereocenters. The molecule has 0 aliphatic rings. The highest BCUT2D eigenvalue weighted by molar-refractivity contribution is 5.78. The number of ether oxygens (including phenoxy) is 1. The lowest BCUT2D eigenvalue weighted by atomic mass is 9.95. The molecule has 0 aliphatic heterocycles. The molecule has 0 amide bonds. The fraction of sp³-hybridized carbons (Fsp3) is 0.500. The highest BCUT2D eigenvalue weighted by atomic mass is 16.5. The van der Waals surface area contributed by atoms with E-state index < -0.39 is 11.5 Å². The number of aliphatic carboxylic acids is 1. The van der Waals surface area contributed by atoms with Gasteiger partial charge < -0.3 is 15.2 Å².